The van der Waals surface area contributed by atoms with Gasteiger partial charge in [0.1, 0.15) is 5.75 Å². The van der Waals surface area contributed by atoms with E-state index in [2.05, 4.69) is 52.4 Å². The first-order chi connectivity index (χ1) is 13.3. The number of nitrogens with one attached hydrogen (secondary N) is 2. The second-order valence-corrected chi connectivity index (χ2v) is 6.95. The van der Waals surface area contributed by atoms with Crippen LogP contribution in [0.4, 0.5) is 0 Å². The molecule has 4 aromatic carbocycles. The zero-order valence-corrected chi connectivity index (χ0v) is 14.5. The first-order valence-corrected chi connectivity index (χ1v) is 9.03. The summed E-state index contributed by atoms with van der Waals surface area (Å²) >= 11 is 0. The maximum atomic E-state index is 10.5. The van der Waals surface area contributed by atoms with Crippen molar-refractivity contribution in [3.63, 3.8) is 0 Å². The highest BCUT2D eigenvalue weighted by Gasteiger charge is 2.16. The van der Waals surface area contributed by atoms with E-state index >= 15 is 0 Å². The molecule has 6 rings (SSSR count). The van der Waals surface area contributed by atoms with E-state index in [1.54, 1.807) is 6.07 Å². The molecule has 0 saturated heterocycles. The molecule has 2 aromatic heterocycles. The lowest BCUT2D eigenvalue weighted by Crippen LogP contribution is -1.84. The summed E-state index contributed by atoms with van der Waals surface area (Å²) in [4.78, 5) is 7.19. The van der Waals surface area contributed by atoms with Crippen molar-refractivity contribution in [3.8, 4) is 16.9 Å². The lowest BCUT2D eigenvalue weighted by Gasteiger charge is -2.10. The second-order valence-electron chi connectivity index (χ2n) is 6.95. The van der Waals surface area contributed by atoms with Crippen LogP contribution in [0.2, 0.25) is 0 Å². The second kappa shape index (κ2) is 5.15. The van der Waals surface area contributed by atoms with Crippen molar-refractivity contribution < 1.29 is 5.11 Å². The molecule has 3 N–H and O–H groups in total. The zero-order chi connectivity index (χ0) is 18.0. The molecule has 0 saturated carbocycles. The van der Waals surface area contributed by atoms with E-state index in [0.717, 1.165) is 49.4 Å². The number of phenolic OH excluding ortho intramolecular Hbond substituents is 1. The first kappa shape index (κ1) is 14.4. The summed E-state index contributed by atoms with van der Waals surface area (Å²) in [6, 6.07) is 26.4. The number of benzene rings is 4. The number of aromatic hydroxyl groups is 1. The summed E-state index contributed by atoms with van der Waals surface area (Å²) in [5, 5.41) is 15.1. The van der Waals surface area contributed by atoms with Gasteiger partial charge in [-0.15, -0.1) is 0 Å². The molecule has 0 amide bonds. The van der Waals surface area contributed by atoms with Gasteiger partial charge in [-0.2, -0.15) is 0 Å². The molecule has 6 aromatic rings. The monoisotopic (exact) mass is 348 g/mol. The maximum absolute atomic E-state index is 10.5. The normalized spacial score (nSPS) is 11.9. The molecule has 3 nitrogen and oxygen atoms in total. The largest absolute Gasteiger partial charge is 0.507 e. The van der Waals surface area contributed by atoms with E-state index in [4.69, 9.17) is 0 Å². The van der Waals surface area contributed by atoms with Crippen LogP contribution in [-0.2, 0) is 0 Å². The highest BCUT2D eigenvalue weighted by atomic mass is 16.3. The Morgan fingerprint density at radius 3 is 2.26 bits per heavy atom. The molecule has 0 spiro atoms. The molecule has 0 fully saturated rings. The van der Waals surface area contributed by atoms with Crippen molar-refractivity contribution in [1.82, 2.24) is 9.97 Å². The number of hydrogen-bond acceptors (Lipinski definition) is 1. The Bertz CT molecular complexity index is 1490. The average molecular weight is 348 g/mol. The van der Waals surface area contributed by atoms with E-state index in [0.29, 0.717) is 5.75 Å². The molecule has 27 heavy (non-hydrogen) atoms. The van der Waals surface area contributed by atoms with Gasteiger partial charge in [-0.3, -0.25) is 0 Å². The number of aromatic nitrogens is 2. The fraction of sp³-hybridized carbons (Fsp3) is 0. The predicted molar refractivity (Wildman–Crippen MR) is 112 cm³/mol. The van der Waals surface area contributed by atoms with Crippen LogP contribution in [0, 0.1) is 0 Å². The SMILES string of the molecule is Oc1ccccc1-c1cccc2ccc3[nH]c4c5ccccc5[nH]c4c3c12. The van der Waals surface area contributed by atoms with Gasteiger partial charge in [-0.25, -0.2) is 0 Å². The van der Waals surface area contributed by atoms with Gasteiger partial charge in [0, 0.05) is 32.8 Å². The molecule has 0 aliphatic heterocycles. The van der Waals surface area contributed by atoms with E-state index < -0.39 is 0 Å². The third-order valence-electron chi connectivity index (χ3n) is 5.46. The van der Waals surface area contributed by atoms with Gasteiger partial charge in [-0.1, -0.05) is 60.7 Å². The molecule has 128 valence electrons. The van der Waals surface area contributed by atoms with Gasteiger partial charge in [0.2, 0.25) is 0 Å². The third kappa shape index (κ3) is 1.91. The summed E-state index contributed by atoms with van der Waals surface area (Å²) in [6.45, 7) is 0. The van der Waals surface area contributed by atoms with Gasteiger partial charge < -0.3 is 15.1 Å². The van der Waals surface area contributed by atoms with Crippen LogP contribution in [0.15, 0.2) is 78.9 Å². The minimum atomic E-state index is 0.297. The van der Waals surface area contributed by atoms with Crippen LogP contribution in [0.25, 0.3) is 54.7 Å². The molecular weight excluding hydrogens is 332 g/mol. The fourth-order valence-corrected chi connectivity index (χ4v) is 4.26. The Balaban J connectivity index is 1.86. The Morgan fingerprint density at radius 1 is 0.556 bits per heavy atom. The molecule has 0 unspecified atom stereocenters. The van der Waals surface area contributed by atoms with Crippen molar-refractivity contribution in [1.29, 1.82) is 0 Å². The van der Waals surface area contributed by atoms with Crippen LogP contribution in [0.3, 0.4) is 0 Å². The molecule has 3 heteroatoms. The molecular formula is C24H16N2O. The molecule has 2 heterocycles. The lowest BCUT2D eigenvalue weighted by molar-refractivity contribution is 0.477. The number of H-pyrrole nitrogens is 2. The van der Waals surface area contributed by atoms with Gasteiger partial charge in [0.25, 0.3) is 0 Å². The topological polar surface area (TPSA) is 51.8 Å². The smallest absolute Gasteiger partial charge is 0.123 e. The average Bonchev–Trinajstić information content (AvgIpc) is 3.24. The summed E-state index contributed by atoms with van der Waals surface area (Å²) in [6.07, 6.45) is 0. The van der Waals surface area contributed by atoms with Gasteiger partial charge in [0.05, 0.1) is 11.0 Å². The number of fused-ring (bicyclic) bond motifs is 7. The molecule has 0 aliphatic rings. The lowest BCUT2D eigenvalue weighted by atomic mass is 9.95. The minimum Gasteiger partial charge on any atom is -0.507 e. The highest BCUT2D eigenvalue weighted by molar-refractivity contribution is 6.27. The summed E-state index contributed by atoms with van der Waals surface area (Å²) in [7, 11) is 0. The van der Waals surface area contributed by atoms with Crippen molar-refractivity contribution in [2.45, 2.75) is 0 Å². The Kier molecular flexibility index (Phi) is 2.75. The van der Waals surface area contributed by atoms with Crippen molar-refractivity contribution >= 4 is 43.6 Å². The van der Waals surface area contributed by atoms with Crippen LogP contribution < -0.4 is 0 Å². The van der Waals surface area contributed by atoms with E-state index in [1.165, 1.54) is 5.39 Å². The Hall–Kier alpha value is -3.72. The number of phenols is 1. The minimum absolute atomic E-state index is 0.297. The van der Waals surface area contributed by atoms with Gasteiger partial charge in [-0.05, 0) is 29.1 Å². The standard InChI is InChI=1S/C24H16N2O/c27-20-11-4-2-7-15(20)16-9-5-6-14-12-13-19-22(21(14)16)24-23(26-19)17-8-1-3-10-18(17)25-24/h1-13,25-27H. The summed E-state index contributed by atoms with van der Waals surface area (Å²) < 4.78 is 0. The van der Waals surface area contributed by atoms with Crippen LogP contribution in [0.1, 0.15) is 0 Å². The number of aromatic amines is 2. The highest BCUT2D eigenvalue weighted by Crippen LogP contribution is 2.41. The molecule has 0 atom stereocenters. The number of rotatable bonds is 1. The van der Waals surface area contributed by atoms with Gasteiger partial charge in [0.15, 0.2) is 0 Å². The van der Waals surface area contributed by atoms with E-state index in [1.807, 2.05) is 30.3 Å². The molecule has 0 radical (unpaired) electrons. The zero-order valence-electron chi connectivity index (χ0n) is 14.5. The quantitative estimate of drug-likeness (QED) is 0.319. The Labute approximate surface area is 154 Å². The van der Waals surface area contributed by atoms with E-state index in [-0.39, 0.29) is 0 Å². The number of hydrogen-bond donors (Lipinski definition) is 3. The molecule has 0 aliphatic carbocycles. The van der Waals surface area contributed by atoms with Gasteiger partial charge >= 0.3 is 0 Å². The van der Waals surface area contributed by atoms with Crippen molar-refractivity contribution in [3.05, 3.63) is 78.9 Å². The summed E-state index contributed by atoms with van der Waals surface area (Å²) in [5.41, 5.74) is 6.34. The maximum Gasteiger partial charge on any atom is 0.123 e. The van der Waals surface area contributed by atoms with Crippen molar-refractivity contribution in [2.75, 3.05) is 0 Å². The Morgan fingerprint density at radius 2 is 1.33 bits per heavy atom. The first-order valence-electron chi connectivity index (χ1n) is 9.03. The molecule has 0 bridgehead atoms. The fourth-order valence-electron chi connectivity index (χ4n) is 4.26. The van der Waals surface area contributed by atoms with Crippen LogP contribution >= 0.6 is 0 Å². The van der Waals surface area contributed by atoms with Crippen molar-refractivity contribution in [2.24, 2.45) is 0 Å². The van der Waals surface area contributed by atoms with E-state index in [9.17, 15) is 5.11 Å². The van der Waals surface area contributed by atoms with Crippen LogP contribution in [0.5, 0.6) is 5.75 Å². The summed E-state index contributed by atoms with van der Waals surface area (Å²) in [5.74, 6) is 0.297. The van der Waals surface area contributed by atoms with Crippen LogP contribution in [-0.4, -0.2) is 15.1 Å². The number of para-hydroxylation sites is 2. The third-order valence-corrected chi connectivity index (χ3v) is 5.46. The predicted octanol–water partition coefficient (Wildman–Crippen LogP) is 6.33.